The molecular weight excluding hydrogens is 304 g/mol. The van der Waals surface area contributed by atoms with Crippen molar-refractivity contribution in [3.05, 3.63) is 35.1 Å². The summed E-state index contributed by atoms with van der Waals surface area (Å²) in [6, 6.07) is 3.34. The van der Waals surface area contributed by atoms with Crippen molar-refractivity contribution in [2.75, 3.05) is 5.32 Å². The maximum atomic E-state index is 12.1. The number of anilines is 1. The molecule has 0 radical (unpaired) electrons. The minimum absolute atomic E-state index is 0.162. The van der Waals surface area contributed by atoms with Gasteiger partial charge in [-0.2, -0.15) is 8.78 Å². The maximum absolute atomic E-state index is 12.1. The van der Waals surface area contributed by atoms with Crippen molar-refractivity contribution >= 4 is 23.2 Å². The van der Waals surface area contributed by atoms with E-state index in [0.29, 0.717) is 27.5 Å². The van der Waals surface area contributed by atoms with Crippen molar-refractivity contribution < 1.29 is 18.3 Å². The maximum Gasteiger partial charge on any atom is 0.388 e. The van der Waals surface area contributed by atoms with Crippen LogP contribution in [0.3, 0.4) is 0 Å². The number of hydrogen-bond acceptors (Lipinski definition) is 4. The molecular formula is C13H8ClF2N3O2. The van der Waals surface area contributed by atoms with Gasteiger partial charge in [0.15, 0.2) is 0 Å². The van der Waals surface area contributed by atoms with Gasteiger partial charge in [0.2, 0.25) is 11.8 Å². The normalized spacial score (nSPS) is 13.2. The summed E-state index contributed by atoms with van der Waals surface area (Å²) in [5, 5.41) is 3.19. The molecule has 0 bridgehead atoms. The van der Waals surface area contributed by atoms with Gasteiger partial charge in [-0.05, 0) is 12.1 Å². The summed E-state index contributed by atoms with van der Waals surface area (Å²) in [6.45, 7) is -2.95. The Morgan fingerprint density at radius 1 is 1.29 bits per heavy atom. The number of halogens is 3. The van der Waals surface area contributed by atoms with Gasteiger partial charge >= 0.3 is 6.61 Å². The van der Waals surface area contributed by atoms with Crippen molar-refractivity contribution in [3.8, 4) is 17.1 Å². The molecule has 0 spiro atoms. The van der Waals surface area contributed by atoms with Gasteiger partial charge in [-0.15, -0.1) is 0 Å². The molecule has 2 aromatic rings. The quantitative estimate of drug-likeness (QED) is 0.946. The molecule has 0 saturated carbocycles. The van der Waals surface area contributed by atoms with Gasteiger partial charge in [0.1, 0.15) is 0 Å². The summed E-state index contributed by atoms with van der Waals surface area (Å²) in [4.78, 5) is 19.3. The van der Waals surface area contributed by atoms with E-state index in [4.69, 9.17) is 11.6 Å². The van der Waals surface area contributed by atoms with E-state index in [1.807, 2.05) is 0 Å². The fourth-order valence-corrected chi connectivity index (χ4v) is 2.33. The third-order valence-electron chi connectivity index (χ3n) is 2.97. The highest BCUT2D eigenvalue weighted by molar-refractivity contribution is 6.33. The van der Waals surface area contributed by atoms with Crippen LogP contribution in [0, 0.1) is 0 Å². The van der Waals surface area contributed by atoms with Gasteiger partial charge in [0, 0.05) is 16.1 Å². The molecule has 2 heterocycles. The Hall–Kier alpha value is -2.28. The first-order chi connectivity index (χ1) is 10.0. The number of rotatable bonds is 3. The van der Waals surface area contributed by atoms with Crippen LogP contribution in [0.25, 0.3) is 11.3 Å². The lowest BCUT2D eigenvalue weighted by atomic mass is 10.1. The molecule has 1 aliphatic rings. The number of aromatic nitrogens is 2. The number of fused-ring (bicyclic) bond motifs is 1. The van der Waals surface area contributed by atoms with Crippen molar-refractivity contribution in [1.29, 1.82) is 0 Å². The molecule has 0 unspecified atom stereocenters. The van der Waals surface area contributed by atoms with Gasteiger partial charge in [-0.3, -0.25) is 4.79 Å². The second-order valence-corrected chi connectivity index (χ2v) is 4.70. The van der Waals surface area contributed by atoms with Crippen LogP contribution in [-0.4, -0.2) is 22.5 Å². The average molecular weight is 312 g/mol. The lowest BCUT2D eigenvalue weighted by molar-refractivity contribution is -0.115. The Balaban J connectivity index is 1.98. The molecule has 1 N–H and O–H groups in total. The molecule has 0 atom stereocenters. The number of amides is 1. The molecule has 0 saturated heterocycles. The molecule has 0 aliphatic carbocycles. The summed E-state index contributed by atoms with van der Waals surface area (Å²) in [7, 11) is 0. The van der Waals surface area contributed by atoms with E-state index in [2.05, 4.69) is 20.0 Å². The van der Waals surface area contributed by atoms with Crippen LogP contribution in [0.2, 0.25) is 5.02 Å². The van der Waals surface area contributed by atoms with Crippen LogP contribution in [0.15, 0.2) is 24.5 Å². The second kappa shape index (κ2) is 5.25. The van der Waals surface area contributed by atoms with Gasteiger partial charge in [-0.25, -0.2) is 9.97 Å². The molecule has 5 nitrogen and oxygen atoms in total. The minimum atomic E-state index is -2.95. The van der Waals surface area contributed by atoms with E-state index in [-0.39, 0.29) is 18.2 Å². The van der Waals surface area contributed by atoms with E-state index >= 15 is 0 Å². The summed E-state index contributed by atoms with van der Waals surface area (Å²) in [5.41, 5.74) is 2.31. The molecule has 1 amide bonds. The minimum Gasteiger partial charge on any atom is -0.415 e. The van der Waals surface area contributed by atoms with Crippen LogP contribution < -0.4 is 10.1 Å². The Morgan fingerprint density at radius 2 is 2.10 bits per heavy atom. The predicted molar refractivity (Wildman–Crippen MR) is 71.4 cm³/mol. The fraction of sp³-hybridized carbons (Fsp3) is 0.154. The molecule has 1 aromatic heterocycles. The monoisotopic (exact) mass is 311 g/mol. The molecule has 1 aromatic carbocycles. The fourth-order valence-electron chi connectivity index (χ4n) is 2.10. The average Bonchev–Trinajstić information content (AvgIpc) is 2.82. The lowest BCUT2D eigenvalue weighted by Gasteiger charge is -2.09. The Labute approximate surface area is 122 Å². The molecule has 108 valence electrons. The molecule has 1 aliphatic heterocycles. The smallest absolute Gasteiger partial charge is 0.388 e. The van der Waals surface area contributed by atoms with E-state index < -0.39 is 6.61 Å². The number of nitrogens with one attached hydrogen (secondary N) is 1. The molecule has 0 fully saturated rings. The summed E-state index contributed by atoms with van der Waals surface area (Å²) in [6.07, 6.45) is 2.59. The van der Waals surface area contributed by atoms with E-state index in [0.717, 1.165) is 6.20 Å². The lowest BCUT2D eigenvalue weighted by Crippen LogP contribution is -2.05. The number of ether oxygens (including phenoxy) is 1. The zero-order chi connectivity index (χ0) is 15.0. The van der Waals surface area contributed by atoms with Gasteiger partial charge in [0.05, 0.1) is 30.2 Å². The first-order valence-electron chi connectivity index (χ1n) is 5.93. The zero-order valence-corrected chi connectivity index (χ0v) is 11.2. The van der Waals surface area contributed by atoms with E-state index in [9.17, 15) is 13.6 Å². The summed E-state index contributed by atoms with van der Waals surface area (Å²) in [5.74, 6) is -0.437. The van der Waals surface area contributed by atoms with Crippen molar-refractivity contribution in [1.82, 2.24) is 9.97 Å². The summed E-state index contributed by atoms with van der Waals surface area (Å²) < 4.78 is 28.3. The first-order valence-corrected chi connectivity index (χ1v) is 6.31. The standard InChI is InChI=1S/C13H8ClF2N3O2/c14-8-2-1-6(12-7(8)3-10(20)19-12)9-4-18-11(5-17-9)21-13(15)16/h1-2,4-5,13H,3H2,(H,19,20). The third-order valence-corrected chi connectivity index (χ3v) is 3.33. The molecule has 3 rings (SSSR count). The Bertz CT molecular complexity index is 707. The predicted octanol–water partition coefficient (Wildman–Crippen LogP) is 2.89. The Kier molecular flexibility index (Phi) is 3.42. The molecule has 21 heavy (non-hydrogen) atoms. The highest BCUT2D eigenvalue weighted by atomic mass is 35.5. The highest BCUT2D eigenvalue weighted by Gasteiger charge is 2.24. The SMILES string of the molecule is O=C1Cc2c(Cl)ccc(-c3cnc(OC(F)F)cn3)c2N1. The van der Waals surface area contributed by atoms with Crippen LogP contribution in [0.5, 0.6) is 5.88 Å². The second-order valence-electron chi connectivity index (χ2n) is 4.29. The number of nitrogens with zero attached hydrogens (tertiary/aromatic N) is 2. The van der Waals surface area contributed by atoms with Crippen LogP contribution in [-0.2, 0) is 11.2 Å². The number of benzene rings is 1. The number of alkyl halides is 2. The number of carbonyl (C=O) groups excluding carboxylic acids is 1. The largest absolute Gasteiger partial charge is 0.415 e. The van der Waals surface area contributed by atoms with Crippen molar-refractivity contribution in [3.63, 3.8) is 0 Å². The number of hydrogen-bond donors (Lipinski definition) is 1. The van der Waals surface area contributed by atoms with Gasteiger partial charge in [-0.1, -0.05) is 11.6 Å². The van der Waals surface area contributed by atoms with Gasteiger partial charge in [0.25, 0.3) is 0 Å². The van der Waals surface area contributed by atoms with E-state index in [1.165, 1.54) is 6.20 Å². The van der Waals surface area contributed by atoms with Crippen LogP contribution in [0.1, 0.15) is 5.56 Å². The van der Waals surface area contributed by atoms with Crippen molar-refractivity contribution in [2.24, 2.45) is 0 Å². The van der Waals surface area contributed by atoms with Crippen molar-refractivity contribution in [2.45, 2.75) is 13.0 Å². The zero-order valence-electron chi connectivity index (χ0n) is 10.4. The summed E-state index contributed by atoms with van der Waals surface area (Å²) >= 11 is 6.05. The van der Waals surface area contributed by atoms with E-state index in [1.54, 1.807) is 12.1 Å². The third kappa shape index (κ3) is 2.64. The topological polar surface area (TPSA) is 64.1 Å². The van der Waals surface area contributed by atoms with Crippen LogP contribution >= 0.6 is 11.6 Å². The van der Waals surface area contributed by atoms with Crippen LogP contribution in [0.4, 0.5) is 14.5 Å². The number of carbonyl (C=O) groups is 1. The highest BCUT2D eigenvalue weighted by Crippen LogP contribution is 2.38. The van der Waals surface area contributed by atoms with Gasteiger partial charge < -0.3 is 10.1 Å². The first kappa shape index (κ1) is 13.7. The molecule has 8 heteroatoms. The Morgan fingerprint density at radius 3 is 2.76 bits per heavy atom.